The van der Waals surface area contributed by atoms with E-state index >= 15 is 0 Å². The van der Waals surface area contributed by atoms with Crippen molar-refractivity contribution in [3.8, 4) is 16.3 Å². The molecule has 1 aromatic heterocycles. The quantitative estimate of drug-likeness (QED) is 0.438. The van der Waals surface area contributed by atoms with Crippen molar-refractivity contribution in [1.29, 1.82) is 0 Å². The van der Waals surface area contributed by atoms with Crippen LogP contribution in [0.25, 0.3) is 20.8 Å². The number of benzene rings is 3. The number of aryl methyl sites for hydroxylation is 1. The predicted molar refractivity (Wildman–Crippen MR) is 116 cm³/mol. The van der Waals surface area contributed by atoms with Crippen molar-refractivity contribution in [2.45, 2.75) is 6.92 Å². The van der Waals surface area contributed by atoms with E-state index in [4.69, 9.17) is 21.3 Å². The zero-order valence-corrected chi connectivity index (χ0v) is 16.9. The topological polar surface area (TPSA) is 51.2 Å². The number of anilines is 1. The van der Waals surface area contributed by atoms with Crippen LogP contribution in [-0.2, 0) is 0 Å². The summed E-state index contributed by atoms with van der Waals surface area (Å²) >= 11 is 7.67. The largest absolute Gasteiger partial charge is 0.496 e. The lowest BCUT2D eigenvalue weighted by atomic mass is 10.1. The molecule has 4 nitrogen and oxygen atoms in total. The number of thiazole rings is 1. The van der Waals surface area contributed by atoms with E-state index in [2.05, 4.69) is 24.4 Å². The van der Waals surface area contributed by atoms with E-state index in [0.717, 1.165) is 16.1 Å². The summed E-state index contributed by atoms with van der Waals surface area (Å²) in [5.74, 6) is 0.200. The fourth-order valence-corrected chi connectivity index (χ4v) is 4.15. The highest BCUT2D eigenvalue weighted by molar-refractivity contribution is 7.21. The Morgan fingerprint density at radius 3 is 2.61 bits per heavy atom. The third kappa shape index (κ3) is 3.72. The molecule has 6 heteroatoms. The van der Waals surface area contributed by atoms with Crippen LogP contribution in [0.1, 0.15) is 15.9 Å². The smallest absolute Gasteiger partial charge is 0.259 e. The van der Waals surface area contributed by atoms with Crippen molar-refractivity contribution in [3.63, 3.8) is 0 Å². The molecule has 1 heterocycles. The number of halogens is 1. The maximum atomic E-state index is 12.6. The number of nitrogens with zero attached hydrogens (tertiary/aromatic N) is 1. The van der Waals surface area contributed by atoms with E-state index in [1.54, 1.807) is 29.5 Å². The van der Waals surface area contributed by atoms with E-state index in [-0.39, 0.29) is 5.91 Å². The van der Waals surface area contributed by atoms with Gasteiger partial charge in [0, 0.05) is 16.3 Å². The lowest BCUT2D eigenvalue weighted by Crippen LogP contribution is -2.13. The Morgan fingerprint density at radius 2 is 1.86 bits per heavy atom. The molecule has 4 rings (SSSR count). The average molecular weight is 409 g/mol. The normalized spacial score (nSPS) is 10.8. The van der Waals surface area contributed by atoms with Crippen LogP contribution in [0.3, 0.4) is 0 Å². The van der Waals surface area contributed by atoms with Crippen molar-refractivity contribution in [1.82, 2.24) is 4.98 Å². The van der Waals surface area contributed by atoms with Crippen LogP contribution >= 0.6 is 22.9 Å². The second kappa shape index (κ2) is 7.62. The summed E-state index contributed by atoms with van der Waals surface area (Å²) in [6, 6.07) is 18.8. The van der Waals surface area contributed by atoms with Gasteiger partial charge >= 0.3 is 0 Å². The van der Waals surface area contributed by atoms with Gasteiger partial charge in [-0.05, 0) is 67.1 Å². The van der Waals surface area contributed by atoms with Gasteiger partial charge in [-0.2, -0.15) is 0 Å². The number of ether oxygens (including phenoxy) is 1. The number of amides is 1. The first kappa shape index (κ1) is 18.5. The standard InChI is InChI=1S/C22H17ClN2O2S/c1-13-3-9-18-20(11-13)28-22(25-18)14-4-7-16(8-5-14)24-21(26)17-12-15(23)6-10-19(17)27-2/h3-12H,1-2H3,(H,24,26). The van der Waals surface area contributed by atoms with Crippen molar-refractivity contribution in [2.24, 2.45) is 0 Å². The minimum Gasteiger partial charge on any atom is -0.496 e. The van der Waals surface area contributed by atoms with Crippen molar-refractivity contribution < 1.29 is 9.53 Å². The lowest BCUT2D eigenvalue weighted by molar-refractivity contribution is 0.102. The molecule has 0 saturated heterocycles. The Morgan fingerprint density at radius 1 is 1.07 bits per heavy atom. The van der Waals surface area contributed by atoms with Gasteiger partial charge < -0.3 is 10.1 Å². The molecule has 0 aliphatic carbocycles. The van der Waals surface area contributed by atoms with Crippen LogP contribution in [0.4, 0.5) is 5.69 Å². The van der Waals surface area contributed by atoms with Crippen LogP contribution in [-0.4, -0.2) is 18.0 Å². The van der Waals surface area contributed by atoms with Crippen molar-refractivity contribution >= 4 is 44.7 Å². The van der Waals surface area contributed by atoms with Gasteiger partial charge in [0.15, 0.2) is 0 Å². The third-order valence-corrected chi connectivity index (χ3v) is 5.64. The van der Waals surface area contributed by atoms with E-state index < -0.39 is 0 Å². The maximum absolute atomic E-state index is 12.6. The number of hydrogen-bond donors (Lipinski definition) is 1. The number of methoxy groups -OCH3 is 1. The molecule has 0 aliphatic heterocycles. The number of nitrogens with one attached hydrogen (secondary N) is 1. The maximum Gasteiger partial charge on any atom is 0.259 e. The lowest BCUT2D eigenvalue weighted by Gasteiger charge is -2.10. The SMILES string of the molecule is COc1ccc(Cl)cc1C(=O)Nc1ccc(-c2nc3ccc(C)cc3s2)cc1. The Bertz CT molecular complexity index is 1170. The molecule has 3 aromatic carbocycles. The van der Waals surface area contributed by atoms with Gasteiger partial charge in [-0.15, -0.1) is 11.3 Å². The van der Waals surface area contributed by atoms with Crippen LogP contribution in [0, 0.1) is 6.92 Å². The predicted octanol–water partition coefficient (Wildman–Crippen LogP) is 6.19. The molecule has 0 aliphatic rings. The monoisotopic (exact) mass is 408 g/mol. The van der Waals surface area contributed by atoms with Crippen LogP contribution in [0.5, 0.6) is 5.75 Å². The van der Waals surface area contributed by atoms with Crippen LogP contribution < -0.4 is 10.1 Å². The van der Waals surface area contributed by atoms with Gasteiger partial charge in [-0.1, -0.05) is 17.7 Å². The molecule has 0 radical (unpaired) electrons. The Labute approximate surface area is 171 Å². The first-order valence-electron chi connectivity index (χ1n) is 8.66. The molecule has 0 fully saturated rings. The molecule has 140 valence electrons. The fourth-order valence-electron chi connectivity index (χ4n) is 2.91. The number of aromatic nitrogens is 1. The van der Waals surface area contributed by atoms with Gasteiger partial charge in [-0.25, -0.2) is 4.98 Å². The van der Waals surface area contributed by atoms with Gasteiger partial charge in [-0.3, -0.25) is 4.79 Å². The summed E-state index contributed by atoms with van der Waals surface area (Å²) in [4.78, 5) is 17.3. The average Bonchev–Trinajstić information content (AvgIpc) is 3.11. The zero-order chi connectivity index (χ0) is 19.7. The van der Waals surface area contributed by atoms with Crippen molar-refractivity contribution in [2.75, 3.05) is 12.4 Å². The number of rotatable bonds is 4. The molecule has 0 atom stereocenters. The molecule has 4 aromatic rings. The summed E-state index contributed by atoms with van der Waals surface area (Å²) in [6.45, 7) is 2.07. The molecule has 0 bridgehead atoms. The van der Waals surface area contributed by atoms with Gasteiger partial charge in [0.25, 0.3) is 5.91 Å². The highest BCUT2D eigenvalue weighted by Crippen LogP contribution is 2.31. The number of hydrogen-bond acceptors (Lipinski definition) is 4. The summed E-state index contributed by atoms with van der Waals surface area (Å²) in [5.41, 5.74) is 4.30. The second-order valence-corrected chi connectivity index (χ2v) is 7.83. The highest BCUT2D eigenvalue weighted by atomic mass is 35.5. The highest BCUT2D eigenvalue weighted by Gasteiger charge is 2.13. The number of carbonyl (C=O) groups excluding carboxylic acids is 1. The molecule has 1 amide bonds. The summed E-state index contributed by atoms with van der Waals surface area (Å²) < 4.78 is 6.41. The molecule has 0 unspecified atom stereocenters. The van der Waals surface area contributed by atoms with Crippen LogP contribution in [0.15, 0.2) is 60.7 Å². The van der Waals surface area contributed by atoms with Gasteiger partial charge in [0.05, 0.1) is 22.9 Å². The van der Waals surface area contributed by atoms with Gasteiger partial charge in [0.1, 0.15) is 10.8 Å². The second-order valence-electron chi connectivity index (χ2n) is 6.37. The number of carbonyl (C=O) groups is 1. The minimum absolute atomic E-state index is 0.275. The summed E-state index contributed by atoms with van der Waals surface area (Å²) in [6.07, 6.45) is 0. The minimum atomic E-state index is -0.275. The molecule has 0 saturated carbocycles. The van der Waals surface area contributed by atoms with Gasteiger partial charge in [0.2, 0.25) is 0 Å². The zero-order valence-electron chi connectivity index (χ0n) is 15.3. The Balaban J connectivity index is 1.56. The Kier molecular flexibility index (Phi) is 5.03. The fraction of sp³-hybridized carbons (Fsp3) is 0.0909. The first-order valence-corrected chi connectivity index (χ1v) is 9.85. The Hall–Kier alpha value is -2.89. The van der Waals surface area contributed by atoms with E-state index in [1.807, 2.05) is 30.3 Å². The molecule has 0 spiro atoms. The third-order valence-electron chi connectivity index (χ3n) is 4.34. The van der Waals surface area contributed by atoms with E-state index in [1.165, 1.54) is 17.4 Å². The van der Waals surface area contributed by atoms with E-state index in [9.17, 15) is 4.79 Å². The molecular formula is C22H17ClN2O2S. The first-order chi connectivity index (χ1) is 13.5. The molecule has 28 heavy (non-hydrogen) atoms. The van der Waals surface area contributed by atoms with Crippen molar-refractivity contribution in [3.05, 3.63) is 76.8 Å². The summed E-state index contributed by atoms with van der Waals surface area (Å²) in [7, 11) is 1.52. The molecular weight excluding hydrogens is 392 g/mol. The van der Waals surface area contributed by atoms with Crippen LogP contribution in [0.2, 0.25) is 5.02 Å². The molecule has 1 N–H and O–H groups in total. The number of fused-ring (bicyclic) bond motifs is 1. The van der Waals surface area contributed by atoms with E-state index in [0.29, 0.717) is 22.0 Å². The summed E-state index contributed by atoms with van der Waals surface area (Å²) in [5, 5.41) is 4.31.